The second kappa shape index (κ2) is 4.97. The second-order valence-corrected chi connectivity index (χ2v) is 4.88. The standard InChI is InChI=1S/C13H17N5O/c1-18-8-16-11-10(4-7-15-12(11)18)13(19)17-9-2-5-14-6-3-9/h4,7-9,14H,2-3,5-6H2,1H3,(H,17,19). The van der Waals surface area contributed by atoms with Gasteiger partial charge in [-0.2, -0.15) is 0 Å². The van der Waals surface area contributed by atoms with Crippen molar-refractivity contribution in [3.8, 4) is 0 Å². The summed E-state index contributed by atoms with van der Waals surface area (Å²) in [6, 6.07) is 1.98. The first-order chi connectivity index (χ1) is 9.25. The largest absolute Gasteiger partial charge is 0.349 e. The van der Waals surface area contributed by atoms with Gasteiger partial charge < -0.3 is 15.2 Å². The molecule has 0 atom stereocenters. The predicted octanol–water partition coefficient (Wildman–Crippen LogP) is 0.450. The van der Waals surface area contributed by atoms with Crippen molar-refractivity contribution in [2.45, 2.75) is 18.9 Å². The Morgan fingerprint density at radius 2 is 2.21 bits per heavy atom. The molecule has 1 fully saturated rings. The number of piperidine rings is 1. The normalized spacial score (nSPS) is 16.7. The molecule has 1 amide bonds. The Kier molecular flexibility index (Phi) is 3.16. The molecule has 1 aliphatic rings. The Labute approximate surface area is 111 Å². The van der Waals surface area contributed by atoms with Crippen LogP contribution >= 0.6 is 0 Å². The summed E-state index contributed by atoms with van der Waals surface area (Å²) in [5, 5.41) is 6.36. The van der Waals surface area contributed by atoms with Crippen LogP contribution in [0.15, 0.2) is 18.6 Å². The van der Waals surface area contributed by atoms with Gasteiger partial charge in [0.2, 0.25) is 0 Å². The highest BCUT2D eigenvalue weighted by Gasteiger charge is 2.19. The fourth-order valence-corrected chi connectivity index (χ4v) is 2.44. The number of amides is 1. The number of imidazole rings is 1. The molecule has 0 saturated carbocycles. The van der Waals surface area contributed by atoms with Gasteiger partial charge in [0.25, 0.3) is 5.91 Å². The summed E-state index contributed by atoms with van der Waals surface area (Å²) in [4.78, 5) is 20.8. The van der Waals surface area contributed by atoms with Crippen molar-refractivity contribution in [1.82, 2.24) is 25.2 Å². The van der Waals surface area contributed by atoms with E-state index in [1.165, 1.54) is 0 Å². The summed E-state index contributed by atoms with van der Waals surface area (Å²) in [6.07, 6.45) is 5.28. The number of carbonyl (C=O) groups is 1. The molecule has 3 heterocycles. The maximum atomic E-state index is 12.3. The van der Waals surface area contributed by atoms with Crippen LogP contribution in [0.4, 0.5) is 0 Å². The van der Waals surface area contributed by atoms with Crippen LogP contribution in [-0.4, -0.2) is 39.6 Å². The molecule has 2 aromatic heterocycles. The van der Waals surface area contributed by atoms with Crippen LogP contribution in [0.2, 0.25) is 0 Å². The van der Waals surface area contributed by atoms with E-state index in [-0.39, 0.29) is 11.9 Å². The number of aromatic nitrogens is 3. The third-order valence-corrected chi connectivity index (χ3v) is 3.52. The van der Waals surface area contributed by atoms with E-state index in [9.17, 15) is 4.79 Å². The highest BCUT2D eigenvalue weighted by molar-refractivity contribution is 6.04. The zero-order chi connectivity index (χ0) is 13.2. The van der Waals surface area contributed by atoms with Crippen LogP contribution in [0.25, 0.3) is 11.2 Å². The number of hydrogen-bond donors (Lipinski definition) is 2. The minimum absolute atomic E-state index is 0.0574. The van der Waals surface area contributed by atoms with Crippen molar-refractivity contribution in [1.29, 1.82) is 0 Å². The van der Waals surface area contributed by atoms with Gasteiger partial charge in [0, 0.05) is 19.3 Å². The van der Waals surface area contributed by atoms with E-state index < -0.39 is 0 Å². The van der Waals surface area contributed by atoms with Crippen LogP contribution in [0.3, 0.4) is 0 Å². The Bertz CT molecular complexity index is 600. The summed E-state index contributed by atoms with van der Waals surface area (Å²) in [5.74, 6) is -0.0574. The summed E-state index contributed by atoms with van der Waals surface area (Å²) in [5.41, 5.74) is 2.00. The van der Waals surface area contributed by atoms with E-state index in [1.54, 1.807) is 18.6 Å². The second-order valence-electron chi connectivity index (χ2n) is 4.88. The van der Waals surface area contributed by atoms with Crippen LogP contribution in [0.1, 0.15) is 23.2 Å². The first-order valence-electron chi connectivity index (χ1n) is 6.53. The highest BCUT2D eigenvalue weighted by atomic mass is 16.1. The molecular weight excluding hydrogens is 242 g/mol. The summed E-state index contributed by atoms with van der Waals surface area (Å²) < 4.78 is 1.82. The molecule has 19 heavy (non-hydrogen) atoms. The van der Waals surface area contributed by atoms with Gasteiger partial charge in [-0.3, -0.25) is 4.79 Å². The SMILES string of the molecule is Cn1cnc2c(C(=O)NC3CCNCC3)ccnc21. The maximum Gasteiger partial charge on any atom is 0.253 e. The topological polar surface area (TPSA) is 71.8 Å². The molecule has 6 nitrogen and oxygen atoms in total. The Morgan fingerprint density at radius 1 is 1.42 bits per heavy atom. The first kappa shape index (κ1) is 12.1. The lowest BCUT2D eigenvalue weighted by molar-refractivity contribution is 0.0931. The average molecular weight is 259 g/mol. The Balaban J connectivity index is 1.84. The van der Waals surface area contributed by atoms with Crippen molar-refractivity contribution in [2.24, 2.45) is 7.05 Å². The quantitative estimate of drug-likeness (QED) is 0.821. The zero-order valence-electron chi connectivity index (χ0n) is 10.9. The van der Waals surface area contributed by atoms with Gasteiger partial charge in [0.1, 0.15) is 5.52 Å². The molecule has 0 aromatic carbocycles. The molecule has 0 unspecified atom stereocenters. The molecule has 0 aliphatic carbocycles. The number of rotatable bonds is 2. The number of fused-ring (bicyclic) bond motifs is 1. The predicted molar refractivity (Wildman–Crippen MR) is 71.9 cm³/mol. The molecule has 100 valence electrons. The molecule has 3 rings (SSSR count). The smallest absolute Gasteiger partial charge is 0.253 e. The van der Waals surface area contributed by atoms with Gasteiger partial charge in [-0.15, -0.1) is 0 Å². The van der Waals surface area contributed by atoms with E-state index in [0.717, 1.165) is 31.6 Å². The van der Waals surface area contributed by atoms with E-state index in [4.69, 9.17) is 0 Å². The number of hydrogen-bond acceptors (Lipinski definition) is 4. The molecule has 0 spiro atoms. The van der Waals surface area contributed by atoms with Gasteiger partial charge >= 0.3 is 0 Å². The van der Waals surface area contributed by atoms with Crippen LogP contribution < -0.4 is 10.6 Å². The highest BCUT2D eigenvalue weighted by Crippen LogP contribution is 2.14. The third kappa shape index (κ3) is 2.31. The monoisotopic (exact) mass is 259 g/mol. The molecule has 0 bridgehead atoms. The summed E-state index contributed by atoms with van der Waals surface area (Å²) in [6.45, 7) is 1.92. The molecule has 1 saturated heterocycles. The lowest BCUT2D eigenvalue weighted by Gasteiger charge is -2.23. The molecule has 2 N–H and O–H groups in total. The van der Waals surface area contributed by atoms with Gasteiger partial charge in [-0.1, -0.05) is 0 Å². The fraction of sp³-hybridized carbons (Fsp3) is 0.462. The third-order valence-electron chi connectivity index (χ3n) is 3.52. The van der Waals surface area contributed by atoms with Gasteiger partial charge in [-0.05, 0) is 32.0 Å². The van der Waals surface area contributed by atoms with Crippen molar-refractivity contribution in [3.05, 3.63) is 24.2 Å². The van der Waals surface area contributed by atoms with Gasteiger partial charge in [-0.25, -0.2) is 9.97 Å². The summed E-state index contributed by atoms with van der Waals surface area (Å²) in [7, 11) is 1.87. The first-order valence-corrected chi connectivity index (χ1v) is 6.53. The average Bonchev–Trinajstić information content (AvgIpc) is 2.82. The molecular formula is C13H17N5O. The van der Waals surface area contributed by atoms with Crippen molar-refractivity contribution in [2.75, 3.05) is 13.1 Å². The van der Waals surface area contributed by atoms with E-state index in [1.807, 2.05) is 11.6 Å². The lowest BCUT2D eigenvalue weighted by Crippen LogP contribution is -2.42. The van der Waals surface area contributed by atoms with Gasteiger partial charge in [0.05, 0.1) is 11.9 Å². The Hall–Kier alpha value is -1.95. The molecule has 0 radical (unpaired) electrons. The van der Waals surface area contributed by atoms with E-state index in [2.05, 4.69) is 20.6 Å². The van der Waals surface area contributed by atoms with Gasteiger partial charge in [0.15, 0.2) is 5.65 Å². The number of pyridine rings is 1. The van der Waals surface area contributed by atoms with E-state index in [0.29, 0.717) is 11.1 Å². The minimum Gasteiger partial charge on any atom is -0.349 e. The number of carbonyl (C=O) groups excluding carboxylic acids is 1. The van der Waals surface area contributed by atoms with Crippen molar-refractivity contribution < 1.29 is 4.79 Å². The Morgan fingerprint density at radius 3 is 3.00 bits per heavy atom. The molecule has 6 heteroatoms. The minimum atomic E-state index is -0.0574. The van der Waals surface area contributed by atoms with Crippen molar-refractivity contribution >= 4 is 17.1 Å². The lowest BCUT2D eigenvalue weighted by atomic mass is 10.1. The number of nitrogens with zero attached hydrogens (tertiary/aromatic N) is 3. The summed E-state index contributed by atoms with van der Waals surface area (Å²) >= 11 is 0. The van der Waals surface area contributed by atoms with E-state index >= 15 is 0 Å². The van der Waals surface area contributed by atoms with Crippen LogP contribution in [0.5, 0.6) is 0 Å². The maximum absolute atomic E-state index is 12.3. The van der Waals surface area contributed by atoms with Crippen LogP contribution in [0, 0.1) is 0 Å². The number of aryl methyl sites for hydroxylation is 1. The zero-order valence-corrected chi connectivity index (χ0v) is 10.9. The van der Waals surface area contributed by atoms with Crippen LogP contribution in [-0.2, 0) is 7.05 Å². The molecule has 2 aromatic rings. The molecule has 1 aliphatic heterocycles. The van der Waals surface area contributed by atoms with Crippen molar-refractivity contribution in [3.63, 3.8) is 0 Å². The number of nitrogens with one attached hydrogen (secondary N) is 2. The fourth-order valence-electron chi connectivity index (χ4n) is 2.44.